The number of aromatic nitrogens is 2. The number of nitrogens with two attached hydrogens (primary N) is 1. The molecule has 0 radical (unpaired) electrons. The zero-order chi connectivity index (χ0) is 20.8. The first-order valence-electron chi connectivity index (χ1n) is 8.87. The Bertz CT molecular complexity index is 952. The summed E-state index contributed by atoms with van der Waals surface area (Å²) in [5.41, 5.74) is 5.26. The summed E-state index contributed by atoms with van der Waals surface area (Å²) in [6.45, 7) is 4.70. The van der Waals surface area contributed by atoms with Gasteiger partial charge in [-0.05, 0) is 31.5 Å². The lowest BCUT2D eigenvalue weighted by atomic mass is 10.1. The maximum atomic E-state index is 12.9. The molecule has 28 heavy (non-hydrogen) atoms. The highest BCUT2D eigenvalue weighted by atomic mass is 35.5. The molecule has 1 heterocycles. The number of nitrogens with one attached hydrogen (secondary N) is 1. The van der Waals surface area contributed by atoms with Crippen molar-refractivity contribution < 1.29 is 9.53 Å². The van der Waals surface area contributed by atoms with Crippen molar-refractivity contribution in [1.82, 2.24) is 14.5 Å². The number of carbonyl (C=O) groups excluding carboxylic acids is 1. The molecule has 2 aromatic rings. The van der Waals surface area contributed by atoms with Gasteiger partial charge in [0, 0.05) is 24.7 Å². The number of ether oxygens (including phenoxy) is 1. The first-order chi connectivity index (χ1) is 13.2. The van der Waals surface area contributed by atoms with Gasteiger partial charge in [0.2, 0.25) is 0 Å². The van der Waals surface area contributed by atoms with Crippen molar-refractivity contribution in [2.45, 2.75) is 33.0 Å². The number of nitrogen functional groups attached to an aromatic ring is 1. The van der Waals surface area contributed by atoms with Gasteiger partial charge in [0.25, 0.3) is 5.56 Å². The van der Waals surface area contributed by atoms with Crippen molar-refractivity contribution in [3.63, 3.8) is 0 Å². The maximum Gasteiger partial charge on any atom is 0.330 e. The number of ketones is 1. The molecule has 152 valence electrons. The Labute approximate surface area is 167 Å². The van der Waals surface area contributed by atoms with E-state index in [1.807, 2.05) is 36.9 Å². The number of nitrogens with zero attached hydrogens (tertiary/aromatic N) is 2. The number of anilines is 1. The van der Waals surface area contributed by atoms with Crippen molar-refractivity contribution in [3.05, 3.63) is 61.3 Å². The van der Waals surface area contributed by atoms with E-state index in [4.69, 9.17) is 22.1 Å². The number of Topliss-reactive ketones (excluding diaryl/α,β-unsaturated/α-hetero) is 1. The standard InChI is InChI=1S/C19H25ClN4O4/c1-12(2)23(10-13-5-4-6-14(20)9-13)11-15(25)16-17(21)24(7-8-28-3)19(27)22-18(16)26/h4-6,9,12H,7-8,10-11,21H2,1-3H3,(H,22,26,27). The van der Waals surface area contributed by atoms with Gasteiger partial charge in [-0.25, -0.2) is 4.79 Å². The van der Waals surface area contributed by atoms with Crippen LogP contribution in [0.25, 0.3) is 0 Å². The third kappa shape index (κ3) is 5.31. The molecule has 8 nitrogen and oxygen atoms in total. The molecule has 0 fully saturated rings. The smallest absolute Gasteiger partial charge is 0.330 e. The molecule has 0 saturated heterocycles. The molecule has 0 aliphatic rings. The number of carbonyl (C=O) groups is 1. The third-order valence-electron chi connectivity index (χ3n) is 4.39. The largest absolute Gasteiger partial charge is 0.384 e. The Hall–Kier alpha value is -2.42. The number of rotatable bonds is 9. The van der Waals surface area contributed by atoms with E-state index in [2.05, 4.69) is 4.98 Å². The minimum absolute atomic E-state index is 0.0278. The van der Waals surface area contributed by atoms with E-state index in [1.165, 1.54) is 7.11 Å². The van der Waals surface area contributed by atoms with Crippen LogP contribution in [0.5, 0.6) is 0 Å². The van der Waals surface area contributed by atoms with E-state index in [0.717, 1.165) is 10.1 Å². The maximum absolute atomic E-state index is 12.9. The fourth-order valence-corrected chi connectivity index (χ4v) is 3.03. The SMILES string of the molecule is COCCn1c(N)c(C(=O)CN(Cc2cccc(Cl)c2)C(C)C)c(=O)[nH]c1=O. The molecule has 3 N–H and O–H groups in total. The Morgan fingerprint density at radius 3 is 2.68 bits per heavy atom. The normalized spacial score (nSPS) is 11.4. The van der Waals surface area contributed by atoms with E-state index < -0.39 is 17.0 Å². The van der Waals surface area contributed by atoms with Crippen LogP contribution in [-0.4, -0.2) is 46.5 Å². The van der Waals surface area contributed by atoms with E-state index in [0.29, 0.717) is 11.6 Å². The zero-order valence-electron chi connectivity index (χ0n) is 16.2. The first kappa shape index (κ1) is 21.9. The summed E-state index contributed by atoms with van der Waals surface area (Å²) < 4.78 is 6.08. The van der Waals surface area contributed by atoms with Crippen LogP contribution in [0.3, 0.4) is 0 Å². The van der Waals surface area contributed by atoms with Crippen LogP contribution in [0.15, 0.2) is 33.9 Å². The molecule has 9 heteroatoms. The van der Waals surface area contributed by atoms with Gasteiger partial charge in [-0.1, -0.05) is 23.7 Å². The molecule has 1 aromatic carbocycles. The third-order valence-corrected chi connectivity index (χ3v) is 4.62. The second-order valence-corrected chi connectivity index (χ2v) is 7.15. The van der Waals surface area contributed by atoms with E-state index in [1.54, 1.807) is 6.07 Å². The summed E-state index contributed by atoms with van der Waals surface area (Å²) in [4.78, 5) is 41.2. The van der Waals surface area contributed by atoms with Crippen molar-refractivity contribution in [2.24, 2.45) is 0 Å². The number of hydrogen-bond acceptors (Lipinski definition) is 6. The van der Waals surface area contributed by atoms with Gasteiger partial charge in [0.05, 0.1) is 19.7 Å². The molecule has 0 amide bonds. The first-order valence-corrected chi connectivity index (χ1v) is 9.25. The molecule has 0 aliphatic carbocycles. The summed E-state index contributed by atoms with van der Waals surface area (Å²) in [6.07, 6.45) is 0. The highest BCUT2D eigenvalue weighted by Gasteiger charge is 2.23. The predicted molar refractivity (Wildman–Crippen MR) is 109 cm³/mol. The van der Waals surface area contributed by atoms with Crippen LogP contribution in [0, 0.1) is 0 Å². The minimum atomic E-state index is -0.785. The molecule has 0 unspecified atom stereocenters. The zero-order valence-corrected chi connectivity index (χ0v) is 17.0. The lowest BCUT2D eigenvalue weighted by Crippen LogP contribution is -2.41. The number of H-pyrrole nitrogens is 1. The summed E-state index contributed by atoms with van der Waals surface area (Å²) in [5, 5.41) is 0.610. The number of aromatic amines is 1. The van der Waals surface area contributed by atoms with Crippen LogP contribution in [0.1, 0.15) is 29.8 Å². The van der Waals surface area contributed by atoms with Crippen LogP contribution < -0.4 is 17.0 Å². The van der Waals surface area contributed by atoms with Crippen LogP contribution >= 0.6 is 11.6 Å². The molecule has 0 spiro atoms. The number of methoxy groups -OCH3 is 1. The molecular formula is C19H25ClN4O4. The highest BCUT2D eigenvalue weighted by molar-refractivity contribution is 6.30. The number of halogens is 1. The van der Waals surface area contributed by atoms with Gasteiger partial charge in [-0.3, -0.25) is 24.0 Å². The fourth-order valence-electron chi connectivity index (χ4n) is 2.82. The number of hydrogen-bond donors (Lipinski definition) is 2. The summed E-state index contributed by atoms with van der Waals surface area (Å²) in [6, 6.07) is 7.39. The lowest BCUT2D eigenvalue weighted by Gasteiger charge is -2.26. The lowest BCUT2D eigenvalue weighted by molar-refractivity contribution is 0.0896. The average molecular weight is 409 g/mol. The van der Waals surface area contributed by atoms with Gasteiger partial charge in [0.1, 0.15) is 11.4 Å². The summed E-state index contributed by atoms with van der Waals surface area (Å²) in [7, 11) is 1.48. The Morgan fingerprint density at radius 1 is 1.36 bits per heavy atom. The second kappa shape index (κ2) is 9.68. The van der Waals surface area contributed by atoms with Gasteiger partial charge in [-0.15, -0.1) is 0 Å². The van der Waals surface area contributed by atoms with Crippen molar-refractivity contribution >= 4 is 23.2 Å². The van der Waals surface area contributed by atoms with Crippen molar-refractivity contribution in [2.75, 3.05) is 26.0 Å². The molecule has 0 saturated carbocycles. The van der Waals surface area contributed by atoms with E-state index >= 15 is 0 Å². The van der Waals surface area contributed by atoms with Gasteiger partial charge >= 0.3 is 5.69 Å². The van der Waals surface area contributed by atoms with Crippen LogP contribution in [0.4, 0.5) is 5.82 Å². The van der Waals surface area contributed by atoms with Crippen molar-refractivity contribution in [1.29, 1.82) is 0 Å². The Morgan fingerprint density at radius 2 is 2.07 bits per heavy atom. The second-order valence-electron chi connectivity index (χ2n) is 6.72. The van der Waals surface area contributed by atoms with Crippen LogP contribution in [0.2, 0.25) is 5.02 Å². The number of benzene rings is 1. The molecular weight excluding hydrogens is 384 g/mol. The van der Waals surface area contributed by atoms with Gasteiger partial charge in [-0.2, -0.15) is 0 Å². The molecule has 0 atom stereocenters. The molecule has 0 bridgehead atoms. The quantitative estimate of drug-likeness (QED) is 0.608. The summed E-state index contributed by atoms with van der Waals surface area (Å²) >= 11 is 6.03. The topological polar surface area (TPSA) is 110 Å². The predicted octanol–water partition coefficient (Wildman–Crippen LogP) is 1.51. The molecule has 0 aliphatic heterocycles. The Kier molecular flexibility index (Phi) is 7.56. The monoisotopic (exact) mass is 408 g/mol. The van der Waals surface area contributed by atoms with Crippen molar-refractivity contribution in [3.8, 4) is 0 Å². The van der Waals surface area contributed by atoms with E-state index in [9.17, 15) is 14.4 Å². The highest BCUT2D eigenvalue weighted by Crippen LogP contribution is 2.15. The van der Waals surface area contributed by atoms with Gasteiger partial charge < -0.3 is 10.5 Å². The fraction of sp³-hybridized carbons (Fsp3) is 0.421. The summed E-state index contributed by atoms with van der Waals surface area (Å²) in [5.74, 6) is -0.608. The Balaban J connectivity index is 2.30. The van der Waals surface area contributed by atoms with Crippen LogP contribution in [-0.2, 0) is 17.8 Å². The minimum Gasteiger partial charge on any atom is -0.384 e. The molecule has 2 rings (SSSR count). The molecule has 1 aromatic heterocycles. The average Bonchev–Trinajstić information content (AvgIpc) is 2.60. The van der Waals surface area contributed by atoms with E-state index in [-0.39, 0.29) is 37.1 Å². The van der Waals surface area contributed by atoms with Gasteiger partial charge in [0.15, 0.2) is 5.78 Å².